The summed E-state index contributed by atoms with van der Waals surface area (Å²) in [5.41, 5.74) is 1.05. The van der Waals surface area contributed by atoms with Crippen molar-refractivity contribution in [1.82, 2.24) is 9.88 Å². The van der Waals surface area contributed by atoms with Gasteiger partial charge in [0.2, 0.25) is 0 Å². The number of carbonyl (C=O) groups is 1. The summed E-state index contributed by atoms with van der Waals surface area (Å²) in [6.45, 7) is 3.22. The predicted molar refractivity (Wildman–Crippen MR) is 83.5 cm³/mol. The van der Waals surface area contributed by atoms with Crippen molar-refractivity contribution in [3.05, 3.63) is 33.5 Å². The second kappa shape index (κ2) is 6.47. The average molecular weight is 307 g/mol. The molecule has 1 N–H and O–H groups in total. The van der Waals surface area contributed by atoms with Gasteiger partial charge in [0.25, 0.3) is 5.91 Å². The summed E-state index contributed by atoms with van der Waals surface area (Å²) in [7, 11) is 0. The van der Waals surface area contributed by atoms with E-state index in [4.69, 9.17) is 0 Å². The maximum atomic E-state index is 11.9. The maximum Gasteiger partial charge on any atom is 0.267 e. The Morgan fingerprint density at radius 1 is 1.30 bits per heavy atom. The van der Waals surface area contributed by atoms with Crippen LogP contribution in [0.2, 0.25) is 0 Å². The Labute approximate surface area is 126 Å². The molecule has 106 valence electrons. The van der Waals surface area contributed by atoms with Crippen LogP contribution in [0.15, 0.2) is 22.9 Å². The van der Waals surface area contributed by atoms with Gasteiger partial charge < -0.3 is 0 Å². The Hall–Kier alpha value is -1.24. The standard InChI is InChI=1S/C14H17N3OS2/c18-13(12-5-4-8-19-12)16-14-15-11(10-20-14)9-17-6-2-1-3-7-17/h4-5,8,10H,1-3,6-7,9H2,(H,15,16,18). The number of thiophene rings is 1. The molecule has 0 radical (unpaired) electrons. The molecule has 2 aromatic heterocycles. The highest BCUT2D eigenvalue weighted by Crippen LogP contribution is 2.20. The van der Waals surface area contributed by atoms with E-state index in [0.29, 0.717) is 5.13 Å². The van der Waals surface area contributed by atoms with E-state index in [9.17, 15) is 4.79 Å². The van der Waals surface area contributed by atoms with E-state index in [0.717, 1.165) is 30.2 Å². The molecule has 0 aliphatic carbocycles. The third kappa shape index (κ3) is 3.45. The van der Waals surface area contributed by atoms with Gasteiger partial charge in [0.1, 0.15) is 0 Å². The van der Waals surface area contributed by atoms with Crippen LogP contribution in [0.4, 0.5) is 5.13 Å². The lowest BCUT2D eigenvalue weighted by Gasteiger charge is -2.25. The minimum Gasteiger partial charge on any atom is -0.297 e. The summed E-state index contributed by atoms with van der Waals surface area (Å²) in [5.74, 6) is -0.0705. The number of nitrogens with one attached hydrogen (secondary N) is 1. The topological polar surface area (TPSA) is 45.2 Å². The van der Waals surface area contributed by atoms with Gasteiger partial charge in [-0.2, -0.15) is 0 Å². The number of thiazole rings is 1. The molecule has 2 aromatic rings. The van der Waals surface area contributed by atoms with Crippen molar-refractivity contribution in [2.75, 3.05) is 18.4 Å². The predicted octanol–water partition coefficient (Wildman–Crippen LogP) is 3.44. The fourth-order valence-electron chi connectivity index (χ4n) is 2.35. The molecule has 4 nitrogen and oxygen atoms in total. The quantitative estimate of drug-likeness (QED) is 0.941. The van der Waals surface area contributed by atoms with Crippen LogP contribution in [-0.4, -0.2) is 28.9 Å². The molecule has 0 spiro atoms. The molecule has 1 aliphatic heterocycles. The first-order valence-electron chi connectivity index (χ1n) is 6.83. The first-order chi connectivity index (χ1) is 9.81. The molecule has 0 saturated carbocycles. The molecule has 6 heteroatoms. The number of hydrogen-bond acceptors (Lipinski definition) is 5. The molecular formula is C14H17N3OS2. The summed E-state index contributed by atoms with van der Waals surface area (Å²) < 4.78 is 0. The minimum atomic E-state index is -0.0705. The number of nitrogens with zero attached hydrogens (tertiary/aromatic N) is 2. The zero-order valence-corrected chi connectivity index (χ0v) is 12.8. The third-order valence-electron chi connectivity index (χ3n) is 3.35. The Balaban J connectivity index is 1.57. The SMILES string of the molecule is O=C(Nc1nc(CN2CCCCC2)cs1)c1cccs1. The van der Waals surface area contributed by atoms with Crippen LogP contribution in [0.1, 0.15) is 34.6 Å². The third-order valence-corrected chi connectivity index (χ3v) is 5.03. The summed E-state index contributed by atoms with van der Waals surface area (Å²) in [6.07, 6.45) is 3.91. The number of amides is 1. The van der Waals surface area contributed by atoms with Crippen LogP contribution < -0.4 is 5.32 Å². The summed E-state index contributed by atoms with van der Waals surface area (Å²) in [6, 6.07) is 3.70. The van der Waals surface area contributed by atoms with Crippen LogP contribution >= 0.6 is 22.7 Å². The summed E-state index contributed by atoms with van der Waals surface area (Å²) in [4.78, 5) is 19.6. The van der Waals surface area contributed by atoms with Crippen molar-refractivity contribution in [3.63, 3.8) is 0 Å². The van der Waals surface area contributed by atoms with E-state index in [-0.39, 0.29) is 5.91 Å². The highest BCUT2D eigenvalue weighted by Gasteiger charge is 2.13. The number of anilines is 1. The van der Waals surface area contributed by atoms with Gasteiger partial charge in [0, 0.05) is 11.9 Å². The largest absolute Gasteiger partial charge is 0.297 e. The number of carbonyl (C=O) groups excluding carboxylic acids is 1. The lowest BCUT2D eigenvalue weighted by molar-refractivity contribution is 0.103. The Morgan fingerprint density at radius 2 is 2.15 bits per heavy atom. The van der Waals surface area contributed by atoms with E-state index < -0.39 is 0 Å². The molecule has 1 amide bonds. The second-order valence-electron chi connectivity index (χ2n) is 4.91. The number of rotatable bonds is 4. The van der Waals surface area contributed by atoms with Gasteiger partial charge in [-0.3, -0.25) is 15.0 Å². The smallest absolute Gasteiger partial charge is 0.267 e. The van der Waals surface area contributed by atoms with Crippen LogP contribution in [0.5, 0.6) is 0 Å². The van der Waals surface area contributed by atoms with Gasteiger partial charge in [-0.15, -0.1) is 22.7 Å². The van der Waals surface area contributed by atoms with Gasteiger partial charge in [0.15, 0.2) is 5.13 Å². The molecule has 1 fully saturated rings. The second-order valence-corrected chi connectivity index (χ2v) is 6.72. The van der Waals surface area contributed by atoms with E-state index >= 15 is 0 Å². The van der Waals surface area contributed by atoms with E-state index in [1.807, 2.05) is 22.9 Å². The van der Waals surface area contributed by atoms with Crippen molar-refractivity contribution in [2.45, 2.75) is 25.8 Å². The first-order valence-corrected chi connectivity index (χ1v) is 8.59. The lowest BCUT2D eigenvalue weighted by Crippen LogP contribution is -2.29. The van der Waals surface area contributed by atoms with Crippen molar-refractivity contribution in [3.8, 4) is 0 Å². The van der Waals surface area contributed by atoms with E-state index in [2.05, 4.69) is 15.2 Å². The van der Waals surface area contributed by atoms with Crippen LogP contribution in [-0.2, 0) is 6.54 Å². The van der Waals surface area contributed by atoms with Gasteiger partial charge in [-0.25, -0.2) is 4.98 Å². The molecule has 3 heterocycles. The maximum absolute atomic E-state index is 11.9. The van der Waals surface area contributed by atoms with Gasteiger partial charge in [0.05, 0.1) is 10.6 Å². The molecule has 0 atom stereocenters. The normalized spacial score (nSPS) is 16.2. The number of piperidine rings is 1. The molecule has 3 rings (SSSR count). The molecule has 0 aromatic carbocycles. The zero-order chi connectivity index (χ0) is 13.8. The summed E-state index contributed by atoms with van der Waals surface area (Å²) in [5, 5.41) is 7.49. The van der Waals surface area contributed by atoms with Crippen LogP contribution in [0.3, 0.4) is 0 Å². The van der Waals surface area contributed by atoms with Crippen LogP contribution in [0, 0.1) is 0 Å². The van der Waals surface area contributed by atoms with Gasteiger partial charge >= 0.3 is 0 Å². The monoisotopic (exact) mass is 307 g/mol. The molecule has 0 bridgehead atoms. The Kier molecular flexibility index (Phi) is 4.44. The Bertz CT molecular complexity index is 559. The van der Waals surface area contributed by atoms with E-state index in [1.165, 1.54) is 41.9 Å². The minimum absolute atomic E-state index is 0.0705. The van der Waals surface area contributed by atoms with Crippen molar-refractivity contribution in [2.24, 2.45) is 0 Å². The number of hydrogen-bond donors (Lipinski definition) is 1. The Morgan fingerprint density at radius 3 is 2.90 bits per heavy atom. The van der Waals surface area contributed by atoms with Crippen molar-refractivity contribution < 1.29 is 4.79 Å². The first kappa shape index (κ1) is 13.7. The number of likely N-dealkylation sites (tertiary alicyclic amines) is 1. The number of aromatic nitrogens is 1. The van der Waals surface area contributed by atoms with E-state index in [1.54, 1.807) is 0 Å². The molecule has 0 unspecified atom stereocenters. The van der Waals surface area contributed by atoms with Gasteiger partial charge in [-0.1, -0.05) is 12.5 Å². The highest BCUT2D eigenvalue weighted by molar-refractivity contribution is 7.14. The summed E-state index contributed by atoms with van der Waals surface area (Å²) >= 11 is 2.94. The van der Waals surface area contributed by atoms with Crippen LogP contribution in [0.25, 0.3) is 0 Å². The fraction of sp³-hybridized carbons (Fsp3) is 0.429. The van der Waals surface area contributed by atoms with Crippen molar-refractivity contribution in [1.29, 1.82) is 0 Å². The lowest BCUT2D eigenvalue weighted by atomic mass is 10.1. The average Bonchev–Trinajstić information content (AvgIpc) is 3.11. The molecule has 20 heavy (non-hydrogen) atoms. The molecular weight excluding hydrogens is 290 g/mol. The van der Waals surface area contributed by atoms with Crippen molar-refractivity contribution >= 4 is 33.7 Å². The molecule has 1 aliphatic rings. The fourth-order valence-corrected chi connectivity index (χ4v) is 3.67. The molecule has 1 saturated heterocycles. The highest BCUT2D eigenvalue weighted by atomic mass is 32.1. The van der Waals surface area contributed by atoms with Gasteiger partial charge in [-0.05, 0) is 37.4 Å². The zero-order valence-electron chi connectivity index (χ0n) is 11.2.